The number of fused-ring (bicyclic) bond motifs is 1. The fourth-order valence-electron chi connectivity index (χ4n) is 4.06. The molecule has 5 nitrogen and oxygen atoms in total. The van der Waals surface area contributed by atoms with Crippen molar-refractivity contribution in [2.75, 3.05) is 24.6 Å². The maximum absolute atomic E-state index is 14.9. The first-order valence-electron chi connectivity index (χ1n) is 10.2. The minimum atomic E-state index is -0.379. The molecule has 0 amide bonds. The van der Waals surface area contributed by atoms with E-state index in [1.165, 1.54) is 6.07 Å². The molecule has 158 valence electrons. The number of aryl methyl sites for hydroxylation is 2. The molecule has 2 aromatic heterocycles. The highest BCUT2D eigenvalue weighted by atomic mass is 35.5. The van der Waals surface area contributed by atoms with E-state index in [-0.39, 0.29) is 11.9 Å². The lowest BCUT2D eigenvalue weighted by Crippen LogP contribution is -2.38. The molecule has 0 radical (unpaired) electrons. The van der Waals surface area contributed by atoms with Gasteiger partial charge in [0.2, 0.25) is 0 Å². The van der Waals surface area contributed by atoms with Gasteiger partial charge in [-0.25, -0.2) is 9.37 Å². The summed E-state index contributed by atoms with van der Waals surface area (Å²) in [5.41, 5.74) is 3.20. The van der Waals surface area contributed by atoms with Gasteiger partial charge in [-0.05, 0) is 42.6 Å². The largest absolute Gasteiger partial charge is 0.370 e. The Morgan fingerprint density at radius 2 is 2.03 bits per heavy atom. The minimum absolute atomic E-state index is 0.0892. The minimum Gasteiger partial charge on any atom is -0.370 e. The number of halogens is 2. The van der Waals surface area contributed by atoms with Gasteiger partial charge in [0.05, 0.1) is 18.5 Å². The maximum Gasteiger partial charge on any atom is 0.134 e. The van der Waals surface area contributed by atoms with Gasteiger partial charge in [0.15, 0.2) is 0 Å². The molecule has 1 fully saturated rings. The summed E-state index contributed by atoms with van der Waals surface area (Å²) in [5, 5.41) is 6.56. The van der Waals surface area contributed by atoms with Crippen molar-refractivity contribution in [1.29, 1.82) is 0 Å². The molecule has 4 aromatic rings. The Bertz CT molecular complexity index is 1270. The second-order valence-electron chi connectivity index (χ2n) is 7.93. The van der Waals surface area contributed by atoms with E-state index in [9.17, 15) is 4.39 Å². The van der Waals surface area contributed by atoms with Crippen LogP contribution >= 0.6 is 11.6 Å². The summed E-state index contributed by atoms with van der Waals surface area (Å²) in [5.74, 6) is 0.424. The summed E-state index contributed by atoms with van der Waals surface area (Å²) in [6.45, 7) is 3.97. The number of hydrogen-bond acceptors (Lipinski definition) is 4. The summed E-state index contributed by atoms with van der Waals surface area (Å²) in [7, 11) is 1.89. The number of aromatic nitrogens is 3. The molecule has 1 aliphatic rings. The maximum atomic E-state index is 14.9. The summed E-state index contributed by atoms with van der Waals surface area (Å²) in [4.78, 5) is 7.12. The average molecular weight is 437 g/mol. The van der Waals surface area contributed by atoms with Crippen LogP contribution in [0.25, 0.3) is 22.0 Å². The Hall–Kier alpha value is -2.96. The molecule has 1 aliphatic heterocycles. The van der Waals surface area contributed by atoms with Gasteiger partial charge in [-0.15, -0.1) is 0 Å². The Morgan fingerprint density at radius 3 is 2.81 bits per heavy atom. The molecule has 0 spiro atoms. The molecule has 0 saturated carbocycles. The number of anilines is 1. The van der Waals surface area contributed by atoms with E-state index in [0.717, 1.165) is 27.7 Å². The van der Waals surface area contributed by atoms with Crippen molar-refractivity contribution in [2.45, 2.75) is 13.0 Å². The van der Waals surface area contributed by atoms with Crippen LogP contribution in [-0.4, -0.2) is 34.5 Å². The van der Waals surface area contributed by atoms with E-state index in [1.54, 1.807) is 16.8 Å². The molecule has 0 bridgehead atoms. The number of rotatable bonds is 3. The third kappa shape index (κ3) is 3.89. The summed E-state index contributed by atoms with van der Waals surface area (Å²) >= 11 is 5.99. The molecule has 31 heavy (non-hydrogen) atoms. The van der Waals surface area contributed by atoms with Crippen molar-refractivity contribution >= 4 is 28.2 Å². The zero-order valence-electron chi connectivity index (χ0n) is 17.3. The predicted octanol–water partition coefficient (Wildman–Crippen LogP) is 5.31. The lowest BCUT2D eigenvalue weighted by molar-refractivity contribution is 0.0395. The van der Waals surface area contributed by atoms with Gasteiger partial charge < -0.3 is 9.64 Å². The second kappa shape index (κ2) is 7.94. The number of pyridine rings is 1. The van der Waals surface area contributed by atoms with E-state index in [1.807, 2.05) is 32.4 Å². The molecular weight excluding hydrogens is 415 g/mol. The lowest BCUT2D eigenvalue weighted by Gasteiger charge is -2.33. The highest BCUT2D eigenvalue weighted by Gasteiger charge is 2.25. The van der Waals surface area contributed by atoms with Gasteiger partial charge in [-0.1, -0.05) is 29.3 Å². The molecule has 0 N–H and O–H groups in total. The van der Waals surface area contributed by atoms with Crippen molar-refractivity contribution in [2.24, 2.45) is 7.05 Å². The van der Waals surface area contributed by atoms with Gasteiger partial charge in [0.1, 0.15) is 17.7 Å². The smallest absolute Gasteiger partial charge is 0.134 e. The summed E-state index contributed by atoms with van der Waals surface area (Å²) in [6.07, 6.45) is 3.71. The van der Waals surface area contributed by atoms with E-state index in [0.29, 0.717) is 36.0 Å². The molecule has 0 aliphatic carbocycles. The zero-order chi connectivity index (χ0) is 21.5. The Labute approximate surface area is 185 Å². The highest BCUT2D eigenvalue weighted by molar-refractivity contribution is 6.30. The van der Waals surface area contributed by atoms with Gasteiger partial charge in [-0.2, -0.15) is 5.10 Å². The lowest BCUT2D eigenvalue weighted by atomic mass is 10.0. The fraction of sp³-hybridized carbons (Fsp3) is 0.250. The monoisotopic (exact) mass is 436 g/mol. The topological polar surface area (TPSA) is 43.2 Å². The first-order chi connectivity index (χ1) is 15.0. The second-order valence-corrected chi connectivity index (χ2v) is 8.37. The standard InChI is InChI=1S/C24H22ClFN4O/c1-15-3-4-16-10-23(30-7-8-31-22(14-30)17-12-27-29(2)13-17)28-24(20(16)9-15)19-6-5-18(25)11-21(19)26/h3-6,9-13,22H,7-8,14H2,1-2H3/t22-/m0/s1. The van der Waals surface area contributed by atoms with Crippen molar-refractivity contribution in [3.63, 3.8) is 0 Å². The first-order valence-corrected chi connectivity index (χ1v) is 10.6. The Morgan fingerprint density at radius 1 is 1.16 bits per heavy atom. The third-order valence-corrected chi connectivity index (χ3v) is 5.88. The number of ether oxygens (including phenoxy) is 1. The quantitative estimate of drug-likeness (QED) is 0.436. The van der Waals surface area contributed by atoms with Crippen LogP contribution in [0.15, 0.2) is 54.9 Å². The molecule has 2 aromatic carbocycles. The third-order valence-electron chi connectivity index (χ3n) is 5.65. The molecule has 7 heteroatoms. The average Bonchev–Trinajstić information content (AvgIpc) is 3.20. The zero-order valence-corrected chi connectivity index (χ0v) is 18.1. The molecular formula is C24H22ClFN4O. The van der Waals surface area contributed by atoms with Crippen molar-refractivity contribution in [1.82, 2.24) is 14.8 Å². The fourth-order valence-corrected chi connectivity index (χ4v) is 4.22. The van der Waals surface area contributed by atoms with Crippen molar-refractivity contribution in [3.05, 3.63) is 76.8 Å². The van der Waals surface area contributed by atoms with Crippen LogP contribution in [0.4, 0.5) is 10.2 Å². The molecule has 1 atom stereocenters. The van der Waals surface area contributed by atoms with E-state index in [2.05, 4.69) is 28.2 Å². The molecule has 0 unspecified atom stereocenters. The summed E-state index contributed by atoms with van der Waals surface area (Å²) in [6, 6.07) is 13.0. The Balaban J connectivity index is 1.60. The van der Waals surface area contributed by atoms with Crippen LogP contribution in [0.1, 0.15) is 17.2 Å². The van der Waals surface area contributed by atoms with Gasteiger partial charge in [0, 0.05) is 47.9 Å². The van der Waals surface area contributed by atoms with Crippen LogP contribution in [0.5, 0.6) is 0 Å². The van der Waals surface area contributed by atoms with Crippen molar-refractivity contribution < 1.29 is 9.13 Å². The predicted molar refractivity (Wildman–Crippen MR) is 121 cm³/mol. The normalized spacial score (nSPS) is 16.8. The molecule has 5 rings (SSSR count). The van der Waals surface area contributed by atoms with Gasteiger partial charge in [-0.3, -0.25) is 4.68 Å². The first kappa shape index (κ1) is 20.0. The van der Waals surface area contributed by atoms with E-state index in [4.69, 9.17) is 21.3 Å². The SMILES string of the molecule is Cc1ccc2cc(N3CCO[C@H](c4cnn(C)c4)C3)nc(-c3ccc(Cl)cc3F)c2c1. The van der Waals surface area contributed by atoms with Crippen LogP contribution in [0.2, 0.25) is 5.02 Å². The van der Waals surface area contributed by atoms with E-state index >= 15 is 0 Å². The van der Waals surface area contributed by atoms with Crippen LogP contribution in [-0.2, 0) is 11.8 Å². The van der Waals surface area contributed by atoms with Crippen molar-refractivity contribution in [3.8, 4) is 11.3 Å². The van der Waals surface area contributed by atoms with Crippen LogP contribution in [0, 0.1) is 12.7 Å². The highest BCUT2D eigenvalue weighted by Crippen LogP contribution is 2.34. The number of nitrogens with zero attached hydrogens (tertiary/aromatic N) is 4. The number of benzene rings is 2. The van der Waals surface area contributed by atoms with Crippen LogP contribution in [0.3, 0.4) is 0 Å². The van der Waals surface area contributed by atoms with Gasteiger partial charge >= 0.3 is 0 Å². The van der Waals surface area contributed by atoms with E-state index < -0.39 is 0 Å². The number of morpholine rings is 1. The van der Waals surface area contributed by atoms with Crippen LogP contribution < -0.4 is 4.90 Å². The van der Waals surface area contributed by atoms with Gasteiger partial charge in [0.25, 0.3) is 0 Å². The number of hydrogen-bond donors (Lipinski definition) is 0. The molecule has 3 heterocycles. The molecule has 1 saturated heterocycles. The Kier molecular flexibility index (Phi) is 5.12. The summed E-state index contributed by atoms with van der Waals surface area (Å²) < 4.78 is 22.6.